The van der Waals surface area contributed by atoms with Gasteiger partial charge in [-0.15, -0.1) is 0 Å². The van der Waals surface area contributed by atoms with Gasteiger partial charge < -0.3 is 18.9 Å². The molecule has 0 saturated heterocycles. The zero-order valence-electron chi connectivity index (χ0n) is 24.0. The summed E-state index contributed by atoms with van der Waals surface area (Å²) in [5.41, 5.74) is 3.38. The van der Waals surface area contributed by atoms with Crippen molar-refractivity contribution in [3.8, 4) is 23.0 Å². The SMILES string of the molecule is COc1ccc(N=Cc2ccc(OC(=O)c3ccccc3C(=O)Oc3ccc(C=Nc4ccc(OC)cc4)cc3)cc2)cc1. The normalized spacial score (nSPS) is 11.0. The van der Waals surface area contributed by atoms with Crippen molar-refractivity contribution in [2.45, 2.75) is 0 Å². The molecule has 0 aliphatic heterocycles. The summed E-state index contributed by atoms with van der Waals surface area (Å²) in [5.74, 6) is 0.806. The Kier molecular flexibility index (Phi) is 9.54. The van der Waals surface area contributed by atoms with Gasteiger partial charge in [-0.25, -0.2) is 9.59 Å². The first-order valence-corrected chi connectivity index (χ1v) is 13.6. The molecule has 5 rings (SSSR count). The molecule has 0 saturated carbocycles. The fraction of sp³-hybridized carbons (Fsp3) is 0.0556. The first-order chi connectivity index (χ1) is 21.5. The number of carbonyl (C=O) groups excluding carboxylic acids is 2. The Morgan fingerprint density at radius 1 is 0.477 bits per heavy atom. The summed E-state index contributed by atoms with van der Waals surface area (Å²) in [6.07, 6.45) is 3.41. The smallest absolute Gasteiger partial charge is 0.344 e. The van der Waals surface area contributed by atoms with Gasteiger partial charge in [-0.1, -0.05) is 12.1 Å². The van der Waals surface area contributed by atoms with E-state index in [0.29, 0.717) is 11.5 Å². The molecule has 0 N–H and O–H groups in total. The zero-order chi connectivity index (χ0) is 30.7. The van der Waals surface area contributed by atoms with Crippen LogP contribution in [0, 0.1) is 0 Å². The van der Waals surface area contributed by atoms with Crippen LogP contribution in [0.3, 0.4) is 0 Å². The first kappa shape index (κ1) is 29.5. The van der Waals surface area contributed by atoms with E-state index >= 15 is 0 Å². The average molecular weight is 585 g/mol. The van der Waals surface area contributed by atoms with E-state index in [0.717, 1.165) is 34.0 Å². The Hall–Kier alpha value is -6.02. The van der Waals surface area contributed by atoms with Crippen molar-refractivity contribution < 1.29 is 28.5 Å². The second kappa shape index (κ2) is 14.2. The van der Waals surface area contributed by atoms with E-state index in [4.69, 9.17) is 18.9 Å². The standard InChI is InChI=1S/C36H28N2O6/c1-41-29-19-11-27(12-20-29)37-23-25-7-15-31(16-8-25)43-35(39)33-5-3-4-6-34(33)36(40)44-32-17-9-26(10-18-32)24-38-28-13-21-30(42-2)22-14-28/h3-24H,1-2H3. The Morgan fingerprint density at radius 2 is 0.818 bits per heavy atom. The number of nitrogens with zero attached hydrogens (tertiary/aromatic N) is 2. The van der Waals surface area contributed by atoms with Crippen LogP contribution in [0.2, 0.25) is 0 Å². The topological polar surface area (TPSA) is 95.8 Å². The largest absolute Gasteiger partial charge is 0.497 e. The Morgan fingerprint density at radius 3 is 1.16 bits per heavy atom. The molecule has 0 heterocycles. The van der Waals surface area contributed by atoms with Gasteiger partial charge in [-0.3, -0.25) is 9.98 Å². The molecular formula is C36H28N2O6. The molecule has 0 atom stereocenters. The third-order valence-corrected chi connectivity index (χ3v) is 6.42. The van der Waals surface area contributed by atoms with Crippen molar-refractivity contribution >= 4 is 35.7 Å². The molecule has 5 aromatic carbocycles. The van der Waals surface area contributed by atoms with Gasteiger partial charge in [0.2, 0.25) is 0 Å². The molecular weight excluding hydrogens is 556 g/mol. The number of hydrogen-bond acceptors (Lipinski definition) is 8. The van der Waals surface area contributed by atoms with E-state index in [-0.39, 0.29) is 11.1 Å². The summed E-state index contributed by atoms with van der Waals surface area (Å²) >= 11 is 0. The van der Waals surface area contributed by atoms with Gasteiger partial charge in [0.05, 0.1) is 36.7 Å². The molecule has 0 unspecified atom stereocenters. The number of ether oxygens (including phenoxy) is 4. The second-order valence-electron chi connectivity index (χ2n) is 9.38. The van der Waals surface area contributed by atoms with Crippen LogP contribution in [-0.4, -0.2) is 38.6 Å². The molecule has 0 aliphatic rings. The number of esters is 2. The minimum Gasteiger partial charge on any atom is -0.497 e. The molecule has 8 nitrogen and oxygen atoms in total. The molecule has 0 spiro atoms. The molecule has 0 aromatic heterocycles. The van der Waals surface area contributed by atoms with Crippen LogP contribution in [0.5, 0.6) is 23.0 Å². The maximum Gasteiger partial charge on any atom is 0.344 e. The molecule has 44 heavy (non-hydrogen) atoms. The molecule has 0 amide bonds. The van der Waals surface area contributed by atoms with E-state index in [1.54, 1.807) is 87.3 Å². The predicted octanol–water partition coefficient (Wildman–Crippen LogP) is 7.64. The summed E-state index contributed by atoms with van der Waals surface area (Å²) in [6, 6.07) is 34.8. The van der Waals surface area contributed by atoms with Crippen molar-refractivity contribution in [3.05, 3.63) is 144 Å². The van der Waals surface area contributed by atoms with Crippen LogP contribution in [0.15, 0.2) is 131 Å². The fourth-order valence-electron chi connectivity index (χ4n) is 4.04. The number of carbonyl (C=O) groups is 2. The maximum atomic E-state index is 13.0. The van der Waals surface area contributed by atoms with E-state index in [1.165, 1.54) is 12.1 Å². The Bertz CT molecular complexity index is 1640. The van der Waals surface area contributed by atoms with Crippen LogP contribution < -0.4 is 18.9 Å². The van der Waals surface area contributed by atoms with Crippen LogP contribution in [0.25, 0.3) is 0 Å². The molecule has 0 radical (unpaired) electrons. The quantitative estimate of drug-likeness (QED) is 0.0951. The van der Waals surface area contributed by atoms with Gasteiger partial charge >= 0.3 is 11.9 Å². The number of benzene rings is 5. The third kappa shape index (κ3) is 7.83. The summed E-state index contributed by atoms with van der Waals surface area (Å²) < 4.78 is 21.4. The highest BCUT2D eigenvalue weighted by molar-refractivity contribution is 6.04. The molecule has 0 bridgehead atoms. The van der Waals surface area contributed by atoms with Gasteiger partial charge in [0.1, 0.15) is 23.0 Å². The van der Waals surface area contributed by atoms with Crippen LogP contribution in [0.4, 0.5) is 11.4 Å². The molecule has 8 heteroatoms. The predicted molar refractivity (Wildman–Crippen MR) is 170 cm³/mol. The summed E-state index contributed by atoms with van der Waals surface area (Å²) in [5, 5.41) is 0. The third-order valence-electron chi connectivity index (χ3n) is 6.42. The fourth-order valence-corrected chi connectivity index (χ4v) is 4.04. The second-order valence-corrected chi connectivity index (χ2v) is 9.38. The lowest BCUT2D eigenvalue weighted by Crippen LogP contribution is -2.17. The van der Waals surface area contributed by atoms with E-state index in [1.807, 2.05) is 48.5 Å². The van der Waals surface area contributed by atoms with Crippen molar-refractivity contribution in [1.82, 2.24) is 0 Å². The molecule has 0 fully saturated rings. The Balaban J connectivity index is 1.19. The van der Waals surface area contributed by atoms with Gasteiger partial charge in [0.25, 0.3) is 0 Å². The zero-order valence-corrected chi connectivity index (χ0v) is 24.0. The minimum atomic E-state index is -0.678. The lowest BCUT2D eigenvalue weighted by molar-refractivity contribution is 0.0692. The van der Waals surface area contributed by atoms with Gasteiger partial charge in [-0.2, -0.15) is 0 Å². The first-order valence-electron chi connectivity index (χ1n) is 13.6. The maximum absolute atomic E-state index is 13.0. The van der Waals surface area contributed by atoms with Gasteiger partial charge in [0, 0.05) is 12.4 Å². The van der Waals surface area contributed by atoms with Crippen molar-refractivity contribution in [2.24, 2.45) is 9.98 Å². The number of methoxy groups -OCH3 is 2. The number of hydrogen-bond donors (Lipinski definition) is 0. The summed E-state index contributed by atoms with van der Waals surface area (Å²) in [7, 11) is 3.22. The molecule has 0 aliphatic carbocycles. The van der Waals surface area contributed by atoms with E-state index < -0.39 is 11.9 Å². The van der Waals surface area contributed by atoms with Gasteiger partial charge in [-0.05, 0) is 120 Å². The molecule has 218 valence electrons. The number of aliphatic imine (C=N–C) groups is 2. The lowest BCUT2D eigenvalue weighted by atomic mass is 10.1. The Labute approximate surface area is 254 Å². The summed E-state index contributed by atoms with van der Waals surface area (Å²) in [6.45, 7) is 0. The van der Waals surface area contributed by atoms with Crippen LogP contribution in [-0.2, 0) is 0 Å². The average Bonchev–Trinajstić information content (AvgIpc) is 3.08. The van der Waals surface area contributed by atoms with Crippen molar-refractivity contribution in [1.29, 1.82) is 0 Å². The lowest BCUT2D eigenvalue weighted by Gasteiger charge is -2.10. The monoisotopic (exact) mass is 584 g/mol. The van der Waals surface area contributed by atoms with Crippen LogP contribution >= 0.6 is 0 Å². The summed E-state index contributed by atoms with van der Waals surface area (Å²) in [4.78, 5) is 34.9. The van der Waals surface area contributed by atoms with E-state index in [2.05, 4.69) is 9.98 Å². The molecule has 5 aromatic rings. The highest BCUT2D eigenvalue weighted by atomic mass is 16.5. The van der Waals surface area contributed by atoms with Crippen molar-refractivity contribution in [2.75, 3.05) is 14.2 Å². The minimum absolute atomic E-state index is 0.0888. The highest BCUT2D eigenvalue weighted by Crippen LogP contribution is 2.21. The van der Waals surface area contributed by atoms with E-state index in [9.17, 15) is 9.59 Å². The van der Waals surface area contributed by atoms with Gasteiger partial charge in [0.15, 0.2) is 0 Å². The highest BCUT2D eigenvalue weighted by Gasteiger charge is 2.20. The van der Waals surface area contributed by atoms with Crippen LogP contribution in [0.1, 0.15) is 31.8 Å². The van der Waals surface area contributed by atoms with Crippen molar-refractivity contribution in [3.63, 3.8) is 0 Å². The number of rotatable bonds is 10.